The molecule has 0 aliphatic carbocycles. The predicted molar refractivity (Wildman–Crippen MR) is 135 cm³/mol. The van der Waals surface area contributed by atoms with Crippen LogP contribution in [0.25, 0.3) is 0 Å². The molecule has 1 aliphatic rings. The van der Waals surface area contributed by atoms with E-state index < -0.39 is 11.6 Å². The number of carboxylic acids is 1. The third-order valence-electron chi connectivity index (χ3n) is 6.75. The minimum absolute atomic E-state index is 0.314. The van der Waals surface area contributed by atoms with Crippen LogP contribution in [0.15, 0.2) is 78.9 Å². The average Bonchev–Trinajstić information content (AvgIpc) is 2.92. The Morgan fingerprint density at radius 3 is 1.94 bits per heavy atom. The summed E-state index contributed by atoms with van der Waals surface area (Å²) in [6, 6.07) is 26.1. The smallest absolute Gasteiger partial charge is 0.307 e. The zero-order valence-corrected chi connectivity index (χ0v) is 20.4. The van der Waals surface area contributed by atoms with Gasteiger partial charge in [-0.3, -0.25) is 4.79 Å². The summed E-state index contributed by atoms with van der Waals surface area (Å²) in [5.41, 5.74) is 2.12. The van der Waals surface area contributed by atoms with Gasteiger partial charge in [0.2, 0.25) is 0 Å². The van der Waals surface area contributed by atoms with Crippen LogP contribution in [0.4, 0.5) is 0 Å². The zero-order chi connectivity index (χ0) is 24.7. The first-order valence-electron chi connectivity index (χ1n) is 12.0. The summed E-state index contributed by atoms with van der Waals surface area (Å²) < 4.78 is 17.7. The van der Waals surface area contributed by atoms with E-state index in [1.807, 2.05) is 66.7 Å². The summed E-state index contributed by atoms with van der Waals surface area (Å²) >= 11 is 0. The van der Waals surface area contributed by atoms with Gasteiger partial charge in [0.1, 0.15) is 17.1 Å². The van der Waals surface area contributed by atoms with Gasteiger partial charge in [0.05, 0.1) is 26.7 Å². The van der Waals surface area contributed by atoms with Gasteiger partial charge in [0, 0.05) is 13.1 Å². The van der Waals surface area contributed by atoms with Crippen molar-refractivity contribution in [1.82, 2.24) is 4.90 Å². The SMILES string of the molecule is COc1ccc(C(OCCN2CCC[C@@H](C(=O)O)C2)(c2ccccc2)c2ccc(OC)cc2)cc1. The number of piperidine rings is 1. The quantitative estimate of drug-likeness (QED) is 0.425. The van der Waals surface area contributed by atoms with Gasteiger partial charge in [-0.2, -0.15) is 0 Å². The first-order chi connectivity index (χ1) is 17.1. The van der Waals surface area contributed by atoms with Crippen molar-refractivity contribution in [2.75, 3.05) is 40.5 Å². The minimum atomic E-state index is -0.859. The number of nitrogens with zero attached hydrogens (tertiary/aromatic N) is 1. The lowest BCUT2D eigenvalue weighted by Gasteiger charge is -2.37. The van der Waals surface area contributed by atoms with Crippen molar-refractivity contribution in [3.63, 3.8) is 0 Å². The van der Waals surface area contributed by atoms with E-state index in [0.29, 0.717) is 19.7 Å². The molecule has 0 amide bonds. The second kappa shape index (κ2) is 11.4. The normalized spacial score (nSPS) is 16.6. The number of rotatable bonds is 10. The number of methoxy groups -OCH3 is 2. The lowest BCUT2D eigenvalue weighted by molar-refractivity contribution is -0.143. The third-order valence-corrected chi connectivity index (χ3v) is 6.75. The van der Waals surface area contributed by atoms with E-state index in [0.717, 1.165) is 47.6 Å². The number of aliphatic carboxylic acids is 1. The van der Waals surface area contributed by atoms with Crippen LogP contribution in [-0.4, -0.2) is 56.4 Å². The number of carbonyl (C=O) groups is 1. The molecule has 0 unspecified atom stereocenters. The fourth-order valence-corrected chi connectivity index (χ4v) is 4.86. The predicted octanol–water partition coefficient (Wildman–Crippen LogP) is 4.81. The van der Waals surface area contributed by atoms with E-state index in [1.54, 1.807) is 14.2 Å². The van der Waals surface area contributed by atoms with Crippen molar-refractivity contribution in [3.8, 4) is 11.5 Å². The Morgan fingerprint density at radius 1 is 0.886 bits per heavy atom. The van der Waals surface area contributed by atoms with Gasteiger partial charge in [-0.15, -0.1) is 0 Å². The number of hydrogen-bond donors (Lipinski definition) is 1. The molecule has 0 aromatic heterocycles. The monoisotopic (exact) mass is 475 g/mol. The van der Waals surface area contributed by atoms with Gasteiger partial charge in [-0.25, -0.2) is 0 Å². The van der Waals surface area contributed by atoms with Crippen molar-refractivity contribution in [2.24, 2.45) is 5.92 Å². The van der Waals surface area contributed by atoms with Crippen LogP contribution >= 0.6 is 0 Å². The molecule has 4 rings (SSSR count). The van der Waals surface area contributed by atoms with Gasteiger partial charge in [-0.05, 0) is 60.3 Å². The molecule has 0 spiro atoms. The number of ether oxygens (including phenoxy) is 3. The van der Waals surface area contributed by atoms with Crippen LogP contribution in [0.2, 0.25) is 0 Å². The summed E-state index contributed by atoms with van der Waals surface area (Å²) in [5, 5.41) is 9.46. The number of likely N-dealkylation sites (tertiary alicyclic amines) is 1. The van der Waals surface area contributed by atoms with Crippen LogP contribution in [0, 0.1) is 5.92 Å². The van der Waals surface area contributed by atoms with Crippen molar-refractivity contribution in [1.29, 1.82) is 0 Å². The molecule has 1 N–H and O–H groups in total. The lowest BCUT2D eigenvalue weighted by atomic mass is 9.80. The highest BCUT2D eigenvalue weighted by atomic mass is 16.5. The number of benzene rings is 3. The molecule has 184 valence electrons. The maximum Gasteiger partial charge on any atom is 0.307 e. The van der Waals surface area contributed by atoms with Crippen molar-refractivity contribution >= 4 is 5.97 Å². The molecule has 35 heavy (non-hydrogen) atoms. The van der Waals surface area contributed by atoms with Crippen molar-refractivity contribution < 1.29 is 24.1 Å². The molecule has 1 saturated heterocycles. The second-order valence-corrected chi connectivity index (χ2v) is 8.83. The molecule has 1 fully saturated rings. The van der Waals surface area contributed by atoms with E-state index in [-0.39, 0.29) is 5.92 Å². The Hall–Kier alpha value is -3.35. The minimum Gasteiger partial charge on any atom is -0.497 e. The van der Waals surface area contributed by atoms with Crippen molar-refractivity contribution in [3.05, 3.63) is 95.6 Å². The fraction of sp³-hybridized carbons (Fsp3) is 0.345. The maximum atomic E-state index is 11.5. The average molecular weight is 476 g/mol. The molecule has 6 heteroatoms. The first kappa shape index (κ1) is 24.8. The topological polar surface area (TPSA) is 68.2 Å². The Morgan fingerprint density at radius 2 is 1.43 bits per heavy atom. The van der Waals surface area contributed by atoms with E-state index >= 15 is 0 Å². The largest absolute Gasteiger partial charge is 0.497 e. The van der Waals surface area contributed by atoms with Crippen LogP contribution in [-0.2, 0) is 15.1 Å². The zero-order valence-electron chi connectivity index (χ0n) is 20.4. The molecule has 0 saturated carbocycles. The van der Waals surface area contributed by atoms with Gasteiger partial charge in [-0.1, -0.05) is 54.6 Å². The molecular weight excluding hydrogens is 442 g/mol. The van der Waals surface area contributed by atoms with Gasteiger partial charge in [0.25, 0.3) is 0 Å². The summed E-state index contributed by atoms with van der Waals surface area (Å²) in [7, 11) is 3.31. The Labute approximate surface area is 207 Å². The van der Waals surface area contributed by atoms with E-state index in [9.17, 15) is 9.90 Å². The lowest BCUT2D eigenvalue weighted by Crippen LogP contribution is -2.42. The highest BCUT2D eigenvalue weighted by molar-refractivity contribution is 5.70. The van der Waals surface area contributed by atoms with Gasteiger partial charge in [0.15, 0.2) is 0 Å². The summed E-state index contributed by atoms with van der Waals surface area (Å²) in [4.78, 5) is 13.7. The second-order valence-electron chi connectivity index (χ2n) is 8.83. The van der Waals surface area contributed by atoms with Crippen LogP contribution in [0.3, 0.4) is 0 Å². The molecule has 1 aliphatic heterocycles. The number of carboxylic acid groups (broad SMARTS) is 1. The Bertz CT molecular complexity index is 1030. The van der Waals surface area contributed by atoms with E-state index in [4.69, 9.17) is 14.2 Å². The van der Waals surface area contributed by atoms with E-state index in [2.05, 4.69) is 17.0 Å². The summed E-state index contributed by atoms with van der Waals surface area (Å²) in [6.07, 6.45) is 1.62. The van der Waals surface area contributed by atoms with Crippen LogP contribution in [0.5, 0.6) is 11.5 Å². The third kappa shape index (κ3) is 5.50. The highest BCUT2D eigenvalue weighted by Gasteiger charge is 2.38. The first-order valence-corrected chi connectivity index (χ1v) is 12.0. The molecule has 1 atom stereocenters. The summed E-state index contributed by atoms with van der Waals surface area (Å²) in [5.74, 6) is 0.522. The maximum absolute atomic E-state index is 11.5. The molecule has 1 heterocycles. The Balaban J connectivity index is 1.71. The van der Waals surface area contributed by atoms with Gasteiger partial charge < -0.3 is 24.2 Å². The molecule has 6 nitrogen and oxygen atoms in total. The van der Waals surface area contributed by atoms with Gasteiger partial charge >= 0.3 is 5.97 Å². The van der Waals surface area contributed by atoms with Crippen LogP contribution in [0.1, 0.15) is 29.5 Å². The van der Waals surface area contributed by atoms with Crippen molar-refractivity contribution in [2.45, 2.75) is 18.4 Å². The van der Waals surface area contributed by atoms with Crippen LogP contribution < -0.4 is 9.47 Å². The number of hydrogen-bond acceptors (Lipinski definition) is 5. The fourth-order valence-electron chi connectivity index (χ4n) is 4.86. The highest BCUT2D eigenvalue weighted by Crippen LogP contribution is 2.41. The molecular formula is C29H33NO5. The van der Waals surface area contributed by atoms with E-state index in [1.165, 1.54) is 0 Å². The molecule has 3 aromatic carbocycles. The Kier molecular flexibility index (Phi) is 8.06. The standard InChI is InChI=1S/C29H33NO5/c1-33-26-14-10-24(11-15-26)29(23-8-4-3-5-9-23,25-12-16-27(34-2)17-13-25)35-20-19-30-18-6-7-22(21-30)28(31)32/h3-5,8-17,22H,6-7,18-21H2,1-2H3,(H,31,32)/t22-/m1/s1. The summed E-state index contributed by atoms with van der Waals surface area (Å²) in [6.45, 7) is 2.54. The molecule has 0 radical (unpaired) electrons. The molecule has 0 bridgehead atoms. The molecule has 3 aromatic rings.